The maximum atomic E-state index is 11.7. The van der Waals surface area contributed by atoms with E-state index in [1.54, 1.807) is 12.3 Å². The molecule has 0 aliphatic heterocycles. The van der Waals surface area contributed by atoms with Crippen molar-refractivity contribution in [3.05, 3.63) is 78.4 Å². The van der Waals surface area contributed by atoms with Crippen molar-refractivity contribution >= 4 is 12.1 Å². The molecule has 4 nitrogen and oxygen atoms in total. The number of para-hydroxylation sites is 1. The summed E-state index contributed by atoms with van der Waals surface area (Å²) in [6, 6.07) is 17.1. The van der Waals surface area contributed by atoms with Gasteiger partial charge in [-0.3, -0.25) is 4.79 Å². The highest BCUT2D eigenvalue weighted by Crippen LogP contribution is 2.18. The lowest BCUT2D eigenvalue weighted by Crippen LogP contribution is -2.24. The van der Waals surface area contributed by atoms with Crippen LogP contribution in [0.4, 0.5) is 0 Å². The highest BCUT2D eigenvalue weighted by atomic mass is 16.5. The van der Waals surface area contributed by atoms with Crippen molar-refractivity contribution in [2.24, 2.45) is 5.10 Å². The Hall–Kier alpha value is -2.88. The molecule has 0 saturated carbocycles. The minimum Gasteiger partial charge on any atom is -0.483 e. The van der Waals surface area contributed by atoms with E-state index in [9.17, 15) is 4.79 Å². The van der Waals surface area contributed by atoms with E-state index in [-0.39, 0.29) is 12.5 Å². The fraction of sp³-hybridized carbons (Fsp3) is 0.111. The zero-order valence-electron chi connectivity index (χ0n) is 12.2. The van der Waals surface area contributed by atoms with Crippen LogP contribution in [0.25, 0.3) is 0 Å². The zero-order chi connectivity index (χ0) is 15.6. The Kier molecular flexibility index (Phi) is 5.93. The van der Waals surface area contributed by atoms with Gasteiger partial charge >= 0.3 is 0 Å². The number of hydrogen-bond acceptors (Lipinski definition) is 3. The normalized spacial score (nSPS) is 10.4. The Morgan fingerprint density at radius 3 is 2.64 bits per heavy atom. The highest BCUT2D eigenvalue weighted by molar-refractivity contribution is 5.82. The van der Waals surface area contributed by atoms with Crippen LogP contribution in [0.3, 0.4) is 0 Å². The summed E-state index contributed by atoms with van der Waals surface area (Å²) in [7, 11) is 0. The lowest BCUT2D eigenvalue weighted by molar-refractivity contribution is -0.123. The van der Waals surface area contributed by atoms with Crippen LogP contribution in [0, 0.1) is 0 Å². The third-order valence-electron chi connectivity index (χ3n) is 2.90. The fourth-order valence-electron chi connectivity index (χ4n) is 1.86. The molecule has 0 unspecified atom stereocenters. The molecule has 2 aromatic carbocycles. The molecular weight excluding hydrogens is 276 g/mol. The van der Waals surface area contributed by atoms with Gasteiger partial charge in [0.1, 0.15) is 5.75 Å². The van der Waals surface area contributed by atoms with Crippen molar-refractivity contribution in [1.29, 1.82) is 0 Å². The van der Waals surface area contributed by atoms with Gasteiger partial charge in [-0.1, -0.05) is 54.6 Å². The summed E-state index contributed by atoms with van der Waals surface area (Å²) in [5, 5.41) is 3.89. The molecule has 0 fully saturated rings. The lowest BCUT2D eigenvalue weighted by Gasteiger charge is -2.09. The Bertz CT molecular complexity index is 651. The van der Waals surface area contributed by atoms with E-state index < -0.39 is 0 Å². The molecule has 1 N–H and O–H groups in total. The average molecular weight is 294 g/mol. The Balaban J connectivity index is 1.83. The molecule has 0 spiro atoms. The molecule has 0 aliphatic rings. The van der Waals surface area contributed by atoms with Gasteiger partial charge in [-0.25, -0.2) is 5.43 Å². The molecule has 0 radical (unpaired) electrons. The predicted molar refractivity (Wildman–Crippen MR) is 88.0 cm³/mol. The second-order valence-corrected chi connectivity index (χ2v) is 4.59. The van der Waals surface area contributed by atoms with Gasteiger partial charge in [-0.2, -0.15) is 5.10 Å². The molecule has 0 aromatic heterocycles. The van der Waals surface area contributed by atoms with Gasteiger partial charge < -0.3 is 4.74 Å². The number of nitrogens with zero attached hydrogens (tertiary/aromatic N) is 1. The van der Waals surface area contributed by atoms with E-state index in [1.807, 2.05) is 54.6 Å². The minimum absolute atomic E-state index is 0.0830. The molecule has 0 heterocycles. The minimum atomic E-state index is -0.305. The number of nitrogens with one attached hydrogen (secondary N) is 1. The van der Waals surface area contributed by atoms with E-state index >= 15 is 0 Å². The number of allylic oxidation sites excluding steroid dienone is 1. The van der Waals surface area contributed by atoms with Crippen LogP contribution in [-0.2, 0) is 11.2 Å². The van der Waals surface area contributed by atoms with Crippen LogP contribution < -0.4 is 10.2 Å². The quantitative estimate of drug-likeness (QED) is 0.485. The van der Waals surface area contributed by atoms with Gasteiger partial charge in [-0.15, -0.1) is 6.58 Å². The van der Waals surface area contributed by atoms with Gasteiger partial charge in [0.05, 0.1) is 6.21 Å². The van der Waals surface area contributed by atoms with Gasteiger partial charge in [0, 0.05) is 0 Å². The smallest absolute Gasteiger partial charge is 0.277 e. The van der Waals surface area contributed by atoms with E-state index in [4.69, 9.17) is 4.74 Å². The van der Waals surface area contributed by atoms with Crippen molar-refractivity contribution in [3.63, 3.8) is 0 Å². The first kappa shape index (κ1) is 15.5. The summed E-state index contributed by atoms with van der Waals surface area (Å²) >= 11 is 0. The molecule has 0 aliphatic carbocycles. The van der Waals surface area contributed by atoms with Crippen LogP contribution in [0.2, 0.25) is 0 Å². The van der Waals surface area contributed by atoms with Crippen molar-refractivity contribution in [3.8, 4) is 5.75 Å². The maximum absolute atomic E-state index is 11.7. The first-order chi connectivity index (χ1) is 10.8. The number of carbonyl (C=O) groups is 1. The number of hydrogen-bond donors (Lipinski definition) is 1. The number of rotatable bonds is 7. The SMILES string of the molecule is C=CCc1ccccc1OCC(=O)NN=Cc1ccccc1. The van der Waals surface area contributed by atoms with Crippen molar-refractivity contribution < 1.29 is 9.53 Å². The average Bonchev–Trinajstić information content (AvgIpc) is 2.55. The molecule has 0 atom stereocenters. The van der Waals surface area contributed by atoms with Crippen molar-refractivity contribution in [1.82, 2.24) is 5.43 Å². The van der Waals surface area contributed by atoms with Gasteiger partial charge in [0.15, 0.2) is 6.61 Å². The molecule has 0 saturated heterocycles. The number of benzene rings is 2. The van der Waals surface area contributed by atoms with Gasteiger partial charge in [0.2, 0.25) is 0 Å². The summed E-state index contributed by atoms with van der Waals surface area (Å²) in [5.41, 5.74) is 4.35. The van der Waals surface area contributed by atoms with Crippen LogP contribution in [0.1, 0.15) is 11.1 Å². The van der Waals surface area contributed by atoms with E-state index in [1.165, 1.54) is 0 Å². The maximum Gasteiger partial charge on any atom is 0.277 e. The van der Waals surface area contributed by atoms with E-state index in [2.05, 4.69) is 17.1 Å². The van der Waals surface area contributed by atoms with Crippen molar-refractivity contribution in [2.45, 2.75) is 6.42 Å². The van der Waals surface area contributed by atoms with Crippen molar-refractivity contribution in [2.75, 3.05) is 6.61 Å². The Morgan fingerprint density at radius 1 is 1.14 bits per heavy atom. The number of hydrazone groups is 1. The molecular formula is C18H18N2O2. The second-order valence-electron chi connectivity index (χ2n) is 4.59. The van der Waals surface area contributed by atoms with Crippen LogP contribution in [-0.4, -0.2) is 18.7 Å². The summed E-state index contributed by atoms with van der Waals surface area (Å²) in [6.45, 7) is 3.62. The van der Waals surface area contributed by atoms with Gasteiger partial charge in [0.25, 0.3) is 5.91 Å². The van der Waals surface area contributed by atoms with E-state index in [0.717, 1.165) is 11.1 Å². The first-order valence-electron chi connectivity index (χ1n) is 6.98. The third kappa shape index (κ3) is 4.90. The standard InChI is InChI=1S/C18H18N2O2/c1-2-8-16-11-6-7-12-17(16)22-14-18(21)20-19-13-15-9-4-3-5-10-15/h2-7,9-13H,1,8,14H2,(H,20,21). The fourth-order valence-corrected chi connectivity index (χ4v) is 1.86. The Morgan fingerprint density at radius 2 is 1.86 bits per heavy atom. The topological polar surface area (TPSA) is 50.7 Å². The van der Waals surface area contributed by atoms with Gasteiger partial charge in [-0.05, 0) is 23.6 Å². The monoisotopic (exact) mass is 294 g/mol. The molecule has 22 heavy (non-hydrogen) atoms. The van der Waals surface area contributed by atoms with Crippen LogP contribution in [0.15, 0.2) is 72.4 Å². The largest absolute Gasteiger partial charge is 0.483 e. The predicted octanol–water partition coefficient (Wildman–Crippen LogP) is 2.94. The molecule has 2 rings (SSSR count). The molecule has 2 aromatic rings. The van der Waals surface area contributed by atoms with Crippen LogP contribution >= 0.6 is 0 Å². The first-order valence-corrected chi connectivity index (χ1v) is 6.98. The summed E-state index contributed by atoms with van der Waals surface area (Å²) in [4.78, 5) is 11.7. The van der Waals surface area contributed by atoms with E-state index in [0.29, 0.717) is 12.2 Å². The zero-order valence-corrected chi connectivity index (χ0v) is 12.2. The summed E-state index contributed by atoms with van der Waals surface area (Å²) in [5.74, 6) is 0.380. The molecule has 1 amide bonds. The Labute approximate surface area is 130 Å². The molecule has 0 bridgehead atoms. The third-order valence-corrected chi connectivity index (χ3v) is 2.90. The lowest BCUT2D eigenvalue weighted by atomic mass is 10.1. The number of amides is 1. The highest BCUT2D eigenvalue weighted by Gasteiger charge is 2.04. The summed E-state index contributed by atoms with van der Waals surface area (Å²) < 4.78 is 5.52. The van der Waals surface area contributed by atoms with Crippen LogP contribution in [0.5, 0.6) is 5.75 Å². The second kappa shape index (κ2) is 8.42. The summed E-state index contributed by atoms with van der Waals surface area (Å²) in [6.07, 6.45) is 4.08. The molecule has 112 valence electrons. The number of carbonyl (C=O) groups excluding carboxylic acids is 1. The molecule has 4 heteroatoms. The number of ether oxygens (including phenoxy) is 1.